The van der Waals surface area contributed by atoms with E-state index in [4.69, 9.17) is 4.74 Å². The molecule has 110 valence electrons. The van der Waals surface area contributed by atoms with Crippen LogP contribution >= 0.6 is 0 Å². The second-order valence-electron chi connectivity index (χ2n) is 6.88. The lowest BCUT2D eigenvalue weighted by Crippen LogP contribution is -2.58. The van der Waals surface area contributed by atoms with Crippen molar-refractivity contribution < 1.29 is 14.3 Å². The standard InChI is InChI=1S/C16H23NO3/c1-3-14(18)17-9-15(19)20-16(2)12-5-10-4-11(7-12)8-13(16)6-10/h3,10-13H,1,4-9H2,2H3,(H,17,18). The first-order valence-corrected chi connectivity index (χ1v) is 7.63. The number of amides is 1. The molecule has 4 bridgehead atoms. The minimum absolute atomic E-state index is 0.0628. The molecule has 4 aliphatic carbocycles. The third-order valence-corrected chi connectivity index (χ3v) is 5.69. The van der Waals surface area contributed by atoms with Gasteiger partial charge < -0.3 is 10.1 Å². The number of hydrogen-bond acceptors (Lipinski definition) is 3. The molecule has 4 aliphatic rings. The van der Waals surface area contributed by atoms with Gasteiger partial charge in [0.1, 0.15) is 12.1 Å². The number of carbonyl (C=O) groups excluding carboxylic acids is 2. The van der Waals surface area contributed by atoms with E-state index in [-0.39, 0.29) is 24.0 Å². The van der Waals surface area contributed by atoms with E-state index < -0.39 is 0 Å². The lowest BCUT2D eigenvalue weighted by Gasteiger charge is -2.59. The van der Waals surface area contributed by atoms with Crippen LogP contribution in [0.1, 0.15) is 39.0 Å². The van der Waals surface area contributed by atoms with Gasteiger partial charge in [-0.3, -0.25) is 9.59 Å². The molecule has 1 N–H and O–H groups in total. The van der Waals surface area contributed by atoms with Gasteiger partial charge in [-0.2, -0.15) is 0 Å². The highest BCUT2D eigenvalue weighted by Crippen LogP contribution is 2.59. The lowest BCUT2D eigenvalue weighted by molar-refractivity contribution is -0.202. The van der Waals surface area contributed by atoms with E-state index in [0.717, 1.165) is 17.9 Å². The van der Waals surface area contributed by atoms with Crippen molar-refractivity contribution in [2.45, 2.75) is 44.6 Å². The van der Waals surface area contributed by atoms with Crippen LogP contribution in [-0.2, 0) is 14.3 Å². The monoisotopic (exact) mass is 277 g/mol. The van der Waals surface area contributed by atoms with Crippen LogP contribution in [0.15, 0.2) is 12.7 Å². The average molecular weight is 277 g/mol. The van der Waals surface area contributed by atoms with Crippen LogP contribution in [0, 0.1) is 23.7 Å². The van der Waals surface area contributed by atoms with Gasteiger partial charge in [-0.1, -0.05) is 6.58 Å². The number of rotatable bonds is 4. The Morgan fingerprint density at radius 2 is 1.75 bits per heavy atom. The first-order valence-electron chi connectivity index (χ1n) is 7.63. The van der Waals surface area contributed by atoms with Crippen molar-refractivity contribution >= 4 is 11.9 Å². The Morgan fingerprint density at radius 1 is 1.20 bits per heavy atom. The zero-order valence-corrected chi connectivity index (χ0v) is 12.1. The van der Waals surface area contributed by atoms with Crippen molar-refractivity contribution in [3.05, 3.63) is 12.7 Å². The van der Waals surface area contributed by atoms with E-state index in [1.54, 1.807) is 0 Å². The molecule has 0 atom stereocenters. The first-order chi connectivity index (χ1) is 9.51. The number of ether oxygens (including phenoxy) is 1. The molecule has 0 unspecified atom stereocenters. The van der Waals surface area contributed by atoms with Crippen molar-refractivity contribution in [1.29, 1.82) is 0 Å². The predicted octanol–water partition coefficient (Wildman–Crippen LogP) is 2.05. The Kier molecular flexibility index (Phi) is 3.35. The zero-order chi connectivity index (χ0) is 14.3. The summed E-state index contributed by atoms with van der Waals surface area (Å²) in [5, 5.41) is 2.49. The van der Waals surface area contributed by atoms with Gasteiger partial charge in [0.2, 0.25) is 5.91 Å². The summed E-state index contributed by atoms with van der Waals surface area (Å²) in [5.74, 6) is 2.07. The molecule has 20 heavy (non-hydrogen) atoms. The first kappa shape index (κ1) is 13.7. The summed E-state index contributed by atoms with van der Waals surface area (Å²) >= 11 is 0. The molecular weight excluding hydrogens is 254 g/mol. The summed E-state index contributed by atoms with van der Waals surface area (Å²) in [6.07, 6.45) is 7.36. The Bertz CT molecular complexity index is 415. The SMILES string of the molecule is C=CC(=O)NCC(=O)OC1(C)C2CC3CC(C2)CC1C3. The molecule has 4 saturated carbocycles. The lowest BCUT2D eigenvalue weighted by atomic mass is 9.50. The maximum atomic E-state index is 12.0. The van der Waals surface area contributed by atoms with E-state index in [2.05, 4.69) is 18.8 Å². The average Bonchev–Trinajstić information content (AvgIpc) is 2.41. The fourth-order valence-electron chi connectivity index (χ4n) is 4.80. The number of nitrogens with one attached hydrogen (secondary N) is 1. The molecule has 1 amide bonds. The van der Waals surface area contributed by atoms with Crippen LogP contribution in [0.2, 0.25) is 0 Å². The molecule has 0 spiro atoms. The minimum atomic E-state index is -0.336. The van der Waals surface area contributed by atoms with Crippen molar-refractivity contribution in [3.63, 3.8) is 0 Å². The second-order valence-corrected chi connectivity index (χ2v) is 6.88. The highest BCUT2D eigenvalue weighted by Gasteiger charge is 2.56. The van der Waals surface area contributed by atoms with Crippen molar-refractivity contribution in [1.82, 2.24) is 5.32 Å². The normalized spacial score (nSPS) is 41.2. The van der Waals surface area contributed by atoms with Gasteiger partial charge in [-0.15, -0.1) is 0 Å². The number of esters is 1. The molecule has 0 aromatic rings. The summed E-state index contributed by atoms with van der Waals surface area (Å²) in [5.41, 5.74) is -0.316. The van der Waals surface area contributed by atoms with Crippen LogP contribution < -0.4 is 5.32 Å². The number of carbonyl (C=O) groups is 2. The van der Waals surface area contributed by atoms with Crippen LogP contribution in [0.4, 0.5) is 0 Å². The van der Waals surface area contributed by atoms with E-state index in [0.29, 0.717) is 11.8 Å². The third-order valence-electron chi connectivity index (χ3n) is 5.69. The highest BCUT2D eigenvalue weighted by molar-refractivity contribution is 5.89. The largest absolute Gasteiger partial charge is 0.457 e. The third kappa shape index (κ3) is 2.25. The van der Waals surface area contributed by atoms with Crippen LogP contribution in [-0.4, -0.2) is 24.0 Å². The van der Waals surface area contributed by atoms with Gasteiger partial charge in [0.25, 0.3) is 0 Å². The van der Waals surface area contributed by atoms with Crippen LogP contribution in [0.3, 0.4) is 0 Å². The predicted molar refractivity (Wildman–Crippen MR) is 74.7 cm³/mol. The summed E-state index contributed by atoms with van der Waals surface area (Å²) in [7, 11) is 0. The van der Waals surface area contributed by atoms with Gasteiger partial charge in [-0.25, -0.2) is 0 Å². The van der Waals surface area contributed by atoms with E-state index in [1.807, 2.05) is 0 Å². The summed E-state index contributed by atoms with van der Waals surface area (Å²) in [4.78, 5) is 23.1. The summed E-state index contributed by atoms with van der Waals surface area (Å²) < 4.78 is 5.82. The van der Waals surface area contributed by atoms with Gasteiger partial charge in [-0.05, 0) is 68.8 Å². The molecule has 0 aromatic carbocycles. The van der Waals surface area contributed by atoms with Gasteiger partial charge in [0.05, 0.1) is 0 Å². The van der Waals surface area contributed by atoms with Crippen LogP contribution in [0.5, 0.6) is 0 Å². The maximum Gasteiger partial charge on any atom is 0.325 e. The zero-order valence-electron chi connectivity index (χ0n) is 12.1. The van der Waals surface area contributed by atoms with Crippen molar-refractivity contribution in [2.75, 3.05) is 6.54 Å². The van der Waals surface area contributed by atoms with E-state index in [9.17, 15) is 9.59 Å². The minimum Gasteiger partial charge on any atom is -0.457 e. The Morgan fingerprint density at radius 3 is 2.25 bits per heavy atom. The Balaban J connectivity index is 1.62. The van der Waals surface area contributed by atoms with Crippen molar-refractivity contribution in [3.8, 4) is 0 Å². The molecule has 4 nitrogen and oxygen atoms in total. The van der Waals surface area contributed by atoms with Gasteiger partial charge in [0.15, 0.2) is 0 Å². The summed E-state index contributed by atoms with van der Waals surface area (Å²) in [6.45, 7) is 5.41. The van der Waals surface area contributed by atoms with E-state index >= 15 is 0 Å². The molecule has 4 rings (SSSR count). The van der Waals surface area contributed by atoms with E-state index in [1.165, 1.54) is 32.1 Å². The molecule has 4 heteroatoms. The molecule has 0 aliphatic heterocycles. The molecular formula is C16H23NO3. The topological polar surface area (TPSA) is 55.4 Å². The Labute approximate surface area is 119 Å². The Hall–Kier alpha value is -1.32. The molecule has 0 aromatic heterocycles. The molecule has 0 saturated heterocycles. The quantitative estimate of drug-likeness (QED) is 0.632. The smallest absolute Gasteiger partial charge is 0.325 e. The maximum absolute atomic E-state index is 12.0. The van der Waals surface area contributed by atoms with Crippen LogP contribution in [0.25, 0.3) is 0 Å². The fraction of sp³-hybridized carbons (Fsp3) is 0.750. The number of hydrogen-bond donors (Lipinski definition) is 1. The van der Waals surface area contributed by atoms with Gasteiger partial charge >= 0.3 is 5.97 Å². The van der Waals surface area contributed by atoms with Crippen molar-refractivity contribution in [2.24, 2.45) is 23.7 Å². The van der Waals surface area contributed by atoms with Gasteiger partial charge in [0, 0.05) is 0 Å². The fourth-order valence-corrected chi connectivity index (χ4v) is 4.80. The second kappa shape index (κ2) is 4.90. The molecule has 0 heterocycles. The molecule has 0 radical (unpaired) electrons. The molecule has 4 fully saturated rings. The summed E-state index contributed by atoms with van der Waals surface area (Å²) in [6, 6.07) is 0. The highest BCUT2D eigenvalue weighted by atomic mass is 16.6.